The van der Waals surface area contributed by atoms with E-state index >= 15 is 0 Å². The Labute approximate surface area is 162 Å². The summed E-state index contributed by atoms with van der Waals surface area (Å²) in [4.78, 5) is 17.4. The summed E-state index contributed by atoms with van der Waals surface area (Å²) in [5.74, 6) is 0.615. The zero-order valence-electron chi connectivity index (χ0n) is 15.6. The van der Waals surface area contributed by atoms with Gasteiger partial charge in [0, 0.05) is 11.9 Å². The van der Waals surface area contributed by atoms with Gasteiger partial charge < -0.3 is 9.73 Å². The molecule has 4 nitrogen and oxygen atoms in total. The van der Waals surface area contributed by atoms with E-state index in [1.807, 2.05) is 44.2 Å². The molecule has 1 N–H and O–H groups in total. The Bertz CT molecular complexity index is 1160. The van der Waals surface area contributed by atoms with Crippen molar-refractivity contribution in [3.8, 4) is 11.5 Å². The van der Waals surface area contributed by atoms with Crippen LogP contribution in [0.4, 0.5) is 4.39 Å². The quantitative estimate of drug-likeness (QED) is 0.535. The third-order valence-electron chi connectivity index (χ3n) is 4.58. The first-order chi connectivity index (χ1) is 13.5. The van der Waals surface area contributed by atoms with E-state index in [9.17, 15) is 9.18 Å². The minimum Gasteiger partial charge on any atom is -0.460 e. The maximum atomic E-state index is 13.8. The maximum Gasteiger partial charge on any atom is 0.252 e. The number of carbonyl (C=O) groups is 1. The lowest BCUT2D eigenvalue weighted by Crippen LogP contribution is -2.23. The van der Waals surface area contributed by atoms with Gasteiger partial charge in [0.25, 0.3) is 5.91 Å². The Hall–Kier alpha value is -3.47. The normalized spacial score (nSPS) is 11.0. The van der Waals surface area contributed by atoms with Crippen molar-refractivity contribution >= 4 is 16.8 Å². The summed E-state index contributed by atoms with van der Waals surface area (Å²) < 4.78 is 19.5. The second-order valence-electron chi connectivity index (χ2n) is 6.80. The number of halogens is 1. The van der Waals surface area contributed by atoms with Gasteiger partial charge in [-0.1, -0.05) is 29.8 Å². The second-order valence-corrected chi connectivity index (χ2v) is 6.80. The lowest BCUT2D eigenvalue weighted by atomic mass is 10.1. The van der Waals surface area contributed by atoms with Gasteiger partial charge >= 0.3 is 0 Å². The highest BCUT2D eigenvalue weighted by Gasteiger charge is 2.16. The Morgan fingerprint density at radius 1 is 1.04 bits per heavy atom. The van der Waals surface area contributed by atoms with Crippen LogP contribution in [0.25, 0.3) is 22.4 Å². The van der Waals surface area contributed by atoms with E-state index in [0.717, 1.165) is 16.9 Å². The van der Waals surface area contributed by atoms with Crippen LogP contribution in [0.15, 0.2) is 65.1 Å². The van der Waals surface area contributed by atoms with Gasteiger partial charge in [-0.3, -0.25) is 4.79 Å². The van der Waals surface area contributed by atoms with Gasteiger partial charge in [0.2, 0.25) is 0 Å². The number of rotatable bonds is 4. The molecule has 2 heterocycles. The minimum atomic E-state index is -0.413. The number of aryl methyl sites for hydroxylation is 2. The highest BCUT2D eigenvalue weighted by atomic mass is 19.1. The summed E-state index contributed by atoms with van der Waals surface area (Å²) in [6, 6.07) is 17.5. The SMILES string of the molecule is Cc1ccc(CNC(=O)c2cc(-c3ccc(C)o3)nc3ccc(F)cc23)cc1. The predicted molar refractivity (Wildman–Crippen MR) is 106 cm³/mol. The van der Waals surface area contributed by atoms with Gasteiger partial charge in [0.05, 0.1) is 11.1 Å². The van der Waals surface area contributed by atoms with Gasteiger partial charge in [-0.2, -0.15) is 0 Å². The van der Waals surface area contributed by atoms with Crippen LogP contribution >= 0.6 is 0 Å². The molecule has 0 atom stereocenters. The topological polar surface area (TPSA) is 55.1 Å². The van der Waals surface area contributed by atoms with Crippen LogP contribution in [0.2, 0.25) is 0 Å². The third-order valence-corrected chi connectivity index (χ3v) is 4.58. The summed E-state index contributed by atoms with van der Waals surface area (Å²) in [6.07, 6.45) is 0. The highest BCUT2D eigenvalue weighted by molar-refractivity contribution is 6.07. The molecular weight excluding hydrogens is 355 g/mol. The lowest BCUT2D eigenvalue weighted by Gasteiger charge is -2.10. The molecular formula is C23H19FN2O2. The van der Waals surface area contributed by atoms with Crippen LogP contribution in [0.1, 0.15) is 27.2 Å². The molecule has 1 amide bonds. The molecule has 4 rings (SSSR count). The monoisotopic (exact) mass is 374 g/mol. The van der Waals surface area contributed by atoms with Crippen LogP contribution in [-0.2, 0) is 6.54 Å². The fourth-order valence-corrected chi connectivity index (χ4v) is 3.07. The van der Waals surface area contributed by atoms with Crippen molar-refractivity contribution in [2.45, 2.75) is 20.4 Å². The van der Waals surface area contributed by atoms with Crippen molar-refractivity contribution in [1.29, 1.82) is 0 Å². The van der Waals surface area contributed by atoms with Crippen LogP contribution in [0.5, 0.6) is 0 Å². The summed E-state index contributed by atoms with van der Waals surface area (Å²) in [6.45, 7) is 4.24. The van der Waals surface area contributed by atoms with Crippen LogP contribution in [-0.4, -0.2) is 10.9 Å². The highest BCUT2D eigenvalue weighted by Crippen LogP contribution is 2.27. The van der Waals surface area contributed by atoms with Crippen LogP contribution in [0, 0.1) is 19.7 Å². The maximum absolute atomic E-state index is 13.8. The first-order valence-electron chi connectivity index (χ1n) is 9.00. The summed E-state index contributed by atoms with van der Waals surface area (Å²) in [7, 11) is 0. The molecule has 2 aromatic heterocycles. The van der Waals surface area contributed by atoms with Gasteiger partial charge in [-0.05, 0) is 55.8 Å². The van der Waals surface area contributed by atoms with Gasteiger partial charge in [0.15, 0.2) is 5.76 Å². The third kappa shape index (κ3) is 3.64. The lowest BCUT2D eigenvalue weighted by molar-refractivity contribution is 0.0952. The summed E-state index contributed by atoms with van der Waals surface area (Å²) in [5.41, 5.74) is 3.58. The number of hydrogen-bond acceptors (Lipinski definition) is 3. The Morgan fingerprint density at radius 2 is 1.82 bits per heavy atom. The number of carbonyl (C=O) groups excluding carboxylic acids is 1. The Morgan fingerprint density at radius 3 is 2.54 bits per heavy atom. The van der Waals surface area contributed by atoms with Crippen molar-refractivity contribution < 1.29 is 13.6 Å². The summed E-state index contributed by atoms with van der Waals surface area (Å²) in [5, 5.41) is 3.38. The number of aromatic nitrogens is 1. The number of benzene rings is 2. The number of fused-ring (bicyclic) bond motifs is 1. The average Bonchev–Trinajstić information content (AvgIpc) is 3.13. The molecule has 28 heavy (non-hydrogen) atoms. The van der Waals surface area contributed by atoms with E-state index in [-0.39, 0.29) is 5.91 Å². The van der Waals surface area contributed by atoms with E-state index in [0.29, 0.717) is 34.5 Å². The van der Waals surface area contributed by atoms with Crippen LogP contribution < -0.4 is 5.32 Å². The van der Waals surface area contributed by atoms with Crippen LogP contribution in [0.3, 0.4) is 0 Å². The Balaban J connectivity index is 1.71. The molecule has 4 aromatic rings. The number of hydrogen-bond donors (Lipinski definition) is 1. The number of nitrogens with one attached hydrogen (secondary N) is 1. The molecule has 0 spiro atoms. The van der Waals surface area contributed by atoms with E-state index in [2.05, 4.69) is 10.3 Å². The number of pyridine rings is 1. The number of furan rings is 1. The first kappa shape index (κ1) is 17.9. The molecule has 0 fully saturated rings. The van der Waals surface area contributed by atoms with Gasteiger partial charge in [0.1, 0.15) is 17.3 Å². The molecule has 0 radical (unpaired) electrons. The molecule has 0 aliphatic heterocycles. The molecule has 2 aromatic carbocycles. The number of nitrogens with zero attached hydrogens (tertiary/aromatic N) is 1. The summed E-state index contributed by atoms with van der Waals surface area (Å²) >= 11 is 0. The zero-order valence-corrected chi connectivity index (χ0v) is 15.6. The minimum absolute atomic E-state index is 0.289. The predicted octanol–water partition coefficient (Wildman–Crippen LogP) is 5.18. The largest absolute Gasteiger partial charge is 0.460 e. The molecule has 5 heteroatoms. The zero-order chi connectivity index (χ0) is 19.7. The van der Waals surface area contributed by atoms with E-state index in [4.69, 9.17) is 4.42 Å². The van der Waals surface area contributed by atoms with Crippen molar-refractivity contribution in [3.05, 3.63) is 88.9 Å². The van der Waals surface area contributed by atoms with E-state index in [1.54, 1.807) is 18.2 Å². The molecule has 140 valence electrons. The molecule has 0 bridgehead atoms. The smallest absolute Gasteiger partial charge is 0.252 e. The average molecular weight is 374 g/mol. The molecule has 0 saturated heterocycles. The molecule has 0 aliphatic carbocycles. The van der Waals surface area contributed by atoms with Crippen molar-refractivity contribution in [2.24, 2.45) is 0 Å². The molecule has 0 unspecified atom stereocenters. The first-order valence-corrected chi connectivity index (χ1v) is 9.00. The molecule has 0 saturated carbocycles. The van der Waals surface area contributed by atoms with Crippen molar-refractivity contribution in [3.63, 3.8) is 0 Å². The number of amides is 1. The Kier molecular flexibility index (Phi) is 4.65. The second kappa shape index (κ2) is 7.27. The van der Waals surface area contributed by atoms with E-state index < -0.39 is 5.82 Å². The van der Waals surface area contributed by atoms with E-state index in [1.165, 1.54) is 12.1 Å². The van der Waals surface area contributed by atoms with Gasteiger partial charge in [-0.15, -0.1) is 0 Å². The fraction of sp³-hybridized carbons (Fsp3) is 0.130. The van der Waals surface area contributed by atoms with Gasteiger partial charge in [-0.25, -0.2) is 9.37 Å². The standard InChI is InChI=1S/C23H19FN2O2/c1-14-3-6-16(7-4-14)13-25-23(27)19-12-21(22-10-5-15(2)28-22)26-20-9-8-17(24)11-18(19)20/h3-12H,13H2,1-2H3,(H,25,27). The van der Waals surface area contributed by atoms with Crippen molar-refractivity contribution in [1.82, 2.24) is 10.3 Å². The fourth-order valence-electron chi connectivity index (χ4n) is 3.07. The molecule has 0 aliphatic rings. The van der Waals surface area contributed by atoms with Crippen molar-refractivity contribution in [2.75, 3.05) is 0 Å².